The van der Waals surface area contributed by atoms with E-state index >= 15 is 0 Å². The van der Waals surface area contributed by atoms with Gasteiger partial charge in [-0.2, -0.15) is 0 Å². The van der Waals surface area contributed by atoms with Gasteiger partial charge in [0.05, 0.1) is 6.61 Å². The minimum Gasteiger partial charge on any atom is -0.449 e. The van der Waals surface area contributed by atoms with Crippen LogP contribution in [-0.2, 0) is 17.6 Å². The molecule has 5 nitrogen and oxygen atoms in total. The molecule has 0 atom stereocenters. The fourth-order valence-corrected chi connectivity index (χ4v) is 5.19. The van der Waals surface area contributed by atoms with E-state index < -0.39 is 0 Å². The van der Waals surface area contributed by atoms with Gasteiger partial charge in [-0.25, -0.2) is 4.79 Å². The van der Waals surface area contributed by atoms with Gasteiger partial charge in [-0.1, -0.05) is 48.5 Å². The monoisotopic (exact) mass is 479 g/mol. The van der Waals surface area contributed by atoms with Crippen molar-refractivity contribution in [2.24, 2.45) is 0 Å². The van der Waals surface area contributed by atoms with Crippen LogP contribution in [0.25, 0.3) is 10.8 Å². The van der Waals surface area contributed by atoms with Gasteiger partial charge in [0.25, 0.3) is 0 Å². The fourth-order valence-electron chi connectivity index (χ4n) is 5.19. The lowest BCUT2D eigenvalue weighted by atomic mass is 9.90. The Morgan fingerprint density at radius 2 is 1.65 bits per heavy atom. The van der Waals surface area contributed by atoms with E-state index in [4.69, 9.17) is 4.74 Å². The van der Waals surface area contributed by atoms with Crippen molar-refractivity contribution in [3.8, 4) is 0 Å². The highest BCUT2D eigenvalue weighted by Crippen LogP contribution is 2.28. The normalized spacial score (nSPS) is 15.9. The Kier molecular flexibility index (Phi) is 8.30. The maximum atomic E-state index is 12.3. The number of nitrogens with zero attached hydrogens (tertiary/aromatic N) is 2. The number of halogens is 1. The van der Waals surface area contributed by atoms with Crippen molar-refractivity contribution in [2.45, 2.75) is 32.1 Å². The molecule has 1 aliphatic heterocycles. The molecule has 34 heavy (non-hydrogen) atoms. The van der Waals surface area contributed by atoms with Crippen molar-refractivity contribution in [3.63, 3.8) is 0 Å². The Balaban J connectivity index is 0.00000274. The third-order valence-corrected chi connectivity index (χ3v) is 6.96. The van der Waals surface area contributed by atoms with E-state index in [0.717, 1.165) is 57.7 Å². The molecule has 1 fully saturated rings. The molecular weight excluding hydrogens is 446 g/mol. The van der Waals surface area contributed by atoms with E-state index in [9.17, 15) is 4.79 Å². The highest BCUT2D eigenvalue weighted by molar-refractivity contribution is 5.94. The van der Waals surface area contributed by atoms with Gasteiger partial charge in [0.1, 0.15) is 0 Å². The molecular formula is C28H34ClN3O2. The van der Waals surface area contributed by atoms with E-state index in [2.05, 4.69) is 63.6 Å². The van der Waals surface area contributed by atoms with Crippen molar-refractivity contribution in [3.05, 3.63) is 71.8 Å². The smallest absolute Gasteiger partial charge is 0.411 e. The number of carbonyl (C=O) groups excluding carboxylic acids is 1. The third kappa shape index (κ3) is 5.65. The maximum Gasteiger partial charge on any atom is 0.411 e. The molecule has 0 aromatic heterocycles. The molecule has 0 bridgehead atoms. The molecule has 5 rings (SSSR count). The standard InChI is InChI=1S/C28H33N3O2.ClH/c32-28(29-26-14-5-10-22-8-1-3-12-24(22)26)33-21-7-16-30-17-19-31(20-18-30)27-15-6-11-23-9-2-4-13-25(23)27;/h2,4-6,9-11,13-15H,1,3,7-8,12,16-21H2,(H,29,32);1H. The SMILES string of the molecule is Cl.O=C(Nc1cccc2c1CCCC2)OCCCN1CCN(c2cccc3ccccc23)CC1. The lowest BCUT2D eigenvalue weighted by Gasteiger charge is -2.36. The van der Waals surface area contributed by atoms with Gasteiger partial charge in [-0.3, -0.25) is 10.2 Å². The number of hydrogen-bond donors (Lipinski definition) is 1. The number of amides is 1. The Morgan fingerprint density at radius 3 is 2.53 bits per heavy atom. The van der Waals surface area contributed by atoms with Crippen LogP contribution < -0.4 is 10.2 Å². The summed E-state index contributed by atoms with van der Waals surface area (Å²) in [7, 11) is 0. The third-order valence-electron chi connectivity index (χ3n) is 6.96. The van der Waals surface area contributed by atoms with Gasteiger partial charge in [0.2, 0.25) is 0 Å². The molecule has 0 spiro atoms. The molecule has 0 unspecified atom stereocenters. The van der Waals surface area contributed by atoms with Gasteiger partial charge in [-0.05, 0) is 60.7 Å². The predicted molar refractivity (Wildman–Crippen MR) is 143 cm³/mol. The quantitative estimate of drug-likeness (QED) is 0.447. The second-order valence-corrected chi connectivity index (χ2v) is 9.09. The molecule has 1 saturated heterocycles. The maximum absolute atomic E-state index is 12.3. The highest BCUT2D eigenvalue weighted by Gasteiger charge is 2.19. The summed E-state index contributed by atoms with van der Waals surface area (Å²) in [5.41, 5.74) is 4.89. The molecule has 3 aromatic carbocycles. The molecule has 1 heterocycles. The average Bonchev–Trinajstić information content (AvgIpc) is 2.87. The second-order valence-electron chi connectivity index (χ2n) is 9.09. The lowest BCUT2D eigenvalue weighted by molar-refractivity contribution is 0.151. The first-order valence-corrected chi connectivity index (χ1v) is 12.3. The first-order chi connectivity index (χ1) is 16.3. The number of ether oxygens (including phenoxy) is 1. The average molecular weight is 480 g/mol. The van der Waals surface area contributed by atoms with Crippen LogP contribution in [0.3, 0.4) is 0 Å². The van der Waals surface area contributed by atoms with Crippen molar-refractivity contribution < 1.29 is 9.53 Å². The Labute approximate surface area is 208 Å². The van der Waals surface area contributed by atoms with Gasteiger partial charge in [-0.15, -0.1) is 12.4 Å². The van der Waals surface area contributed by atoms with Crippen molar-refractivity contribution >= 4 is 40.6 Å². The van der Waals surface area contributed by atoms with E-state index in [0.29, 0.717) is 6.61 Å². The second kappa shape index (κ2) is 11.6. The highest BCUT2D eigenvalue weighted by atomic mass is 35.5. The fraction of sp³-hybridized carbons (Fsp3) is 0.393. The van der Waals surface area contributed by atoms with Crippen LogP contribution in [0.2, 0.25) is 0 Å². The van der Waals surface area contributed by atoms with Crippen LogP contribution in [0.15, 0.2) is 60.7 Å². The zero-order chi connectivity index (χ0) is 22.5. The number of hydrogen-bond acceptors (Lipinski definition) is 4. The number of fused-ring (bicyclic) bond motifs is 2. The van der Waals surface area contributed by atoms with Gasteiger partial charge < -0.3 is 9.64 Å². The Hall–Kier alpha value is -2.76. The molecule has 180 valence electrons. The Morgan fingerprint density at radius 1 is 0.882 bits per heavy atom. The number of rotatable bonds is 6. The van der Waals surface area contributed by atoms with E-state index in [1.165, 1.54) is 40.4 Å². The van der Waals surface area contributed by atoms with Gasteiger partial charge >= 0.3 is 6.09 Å². The number of carbonyl (C=O) groups is 1. The Bertz CT molecular complexity index is 1110. The lowest BCUT2D eigenvalue weighted by Crippen LogP contribution is -2.46. The van der Waals surface area contributed by atoms with E-state index in [1.54, 1.807) is 0 Å². The zero-order valence-corrected chi connectivity index (χ0v) is 20.5. The van der Waals surface area contributed by atoms with Crippen LogP contribution >= 0.6 is 12.4 Å². The summed E-state index contributed by atoms with van der Waals surface area (Å²) in [6.45, 7) is 5.52. The molecule has 0 radical (unpaired) electrons. The summed E-state index contributed by atoms with van der Waals surface area (Å²) in [5.74, 6) is 0. The first-order valence-electron chi connectivity index (χ1n) is 12.3. The number of aryl methyl sites for hydroxylation is 1. The summed E-state index contributed by atoms with van der Waals surface area (Å²) in [4.78, 5) is 17.3. The van der Waals surface area contributed by atoms with E-state index in [-0.39, 0.29) is 18.5 Å². The molecule has 1 aliphatic carbocycles. The van der Waals surface area contributed by atoms with Crippen molar-refractivity contribution in [1.82, 2.24) is 4.90 Å². The zero-order valence-electron chi connectivity index (χ0n) is 19.7. The van der Waals surface area contributed by atoms with Crippen LogP contribution in [0.5, 0.6) is 0 Å². The largest absolute Gasteiger partial charge is 0.449 e. The summed E-state index contributed by atoms with van der Waals surface area (Å²) in [6.07, 6.45) is 5.08. The van der Waals surface area contributed by atoms with Crippen molar-refractivity contribution in [1.29, 1.82) is 0 Å². The summed E-state index contributed by atoms with van der Waals surface area (Å²) in [6, 6.07) is 21.3. The summed E-state index contributed by atoms with van der Waals surface area (Å²) >= 11 is 0. The van der Waals surface area contributed by atoms with Gasteiger partial charge in [0.15, 0.2) is 0 Å². The topological polar surface area (TPSA) is 44.8 Å². The first kappa shape index (κ1) is 24.4. The minimum atomic E-state index is -0.338. The predicted octanol–water partition coefficient (Wildman–Crippen LogP) is 5.90. The minimum absolute atomic E-state index is 0. The molecule has 3 aromatic rings. The molecule has 0 saturated carbocycles. The number of nitrogens with one attached hydrogen (secondary N) is 1. The van der Waals surface area contributed by atoms with Crippen LogP contribution in [0.1, 0.15) is 30.4 Å². The summed E-state index contributed by atoms with van der Waals surface area (Å²) < 4.78 is 5.48. The van der Waals surface area contributed by atoms with Crippen LogP contribution in [0, 0.1) is 0 Å². The van der Waals surface area contributed by atoms with Crippen LogP contribution in [0.4, 0.5) is 16.2 Å². The molecule has 6 heteroatoms. The van der Waals surface area contributed by atoms with Crippen molar-refractivity contribution in [2.75, 3.05) is 49.5 Å². The summed E-state index contributed by atoms with van der Waals surface area (Å²) in [5, 5.41) is 5.59. The number of benzene rings is 3. The van der Waals surface area contributed by atoms with E-state index in [1.807, 2.05) is 12.1 Å². The van der Waals surface area contributed by atoms with Crippen LogP contribution in [-0.4, -0.2) is 50.3 Å². The number of anilines is 2. The molecule has 2 aliphatic rings. The molecule has 1 N–H and O–H groups in total. The number of piperazine rings is 1. The molecule has 1 amide bonds. The van der Waals surface area contributed by atoms with Gasteiger partial charge in [0, 0.05) is 49.5 Å².